The molecule has 2 aromatic rings. The minimum Gasteiger partial charge on any atom is -0.441 e. The van der Waals surface area contributed by atoms with E-state index in [0.29, 0.717) is 0 Å². The molecule has 1 heterocycles. The van der Waals surface area contributed by atoms with Crippen LogP contribution in [0, 0.1) is 3.57 Å². The van der Waals surface area contributed by atoms with E-state index in [1.54, 1.807) is 6.20 Å². The first kappa shape index (κ1) is 14.0. The standard InChI is InChI=1S/C13H14BrIN2O/c1-2-16-6-5-13-17-8-12(18-13)10-7-9(15)3-4-11(10)14/h3-4,7-8,16H,2,5-6H2,1H3. The van der Waals surface area contributed by atoms with Crippen molar-refractivity contribution in [3.05, 3.63) is 38.3 Å². The van der Waals surface area contributed by atoms with Crippen LogP contribution in [0.1, 0.15) is 12.8 Å². The van der Waals surface area contributed by atoms with Crippen LogP contribution in [-0.4, -0.2) is 18.1 Å². The second-order valence-electron chi connectivity index (χ2n) is 3.85. The summed E-state index contributed by atoms with van der Waals surface area (Å²) in [5.41, 5.74) is 1.05. The average Bonchev–Trinajstić information content (AvgIpc) is 2.81. The number of rotatable bonds is 5. The molecule has 0 radical (unpaired) electrons. The van der Waals surface area contributed by atoms with Gasteiger partial charge in [-0.1, -0.05) is 22.9 Å². The Balaban J connectivity index is 2.16. The molecule has 2 rings (SSSR count). The van der Waals surface area contributed by atoms with E-state index in [-0.39, 0.29) is 0 Å². The maximum atomic E-state index is 5.77. The summed E-state index contributed by atoms with van der Waals surface area (Å²) < 4.78 is 7.97. The van der Waals surface area contributed by atoms with E-state index in [1.807, 2.05) is 6.07 Å². The van der Waals surface area contributed by atoms with Gasteiger partial charge in [0.25, 0.3) is 0 Å². The third-order valence-electron chi connectivity index (χ3n) is 2.51. The first-order valence-electron chi connectivity index (χ1n) is 5.81. The highest BCUT2D eigenvalue weighted by molar-refractivity contribution is 14.1. The fourth-order valence-corrected chi connectivity index (χ4v) is 2.54. The summed E-state index contributed by atoms with van der Waals surface area (Å²) in [7, 11) is 0. The van der Waals surface area contributed by atoms with Crippen molar-refractivity contribution in [2.75, 3.05) is 13.1 Å². The number of nitrogens with zero attached hydrogens (tertiary/aromatic N) is 1. The minimum absolute atomic E-state index is 0.775. The molecule has 0 saturated heterocycles. The molecule has 0 aliphatic heterocycles. The monoisotopic (exact) mass is 420 g/mol. The number of halogens is 2. The van der Waals surface area contributed by atoms with E-state index in [4.69, 9.17) is 4.42 Å². The lowest BCUT2D eigenvalue weighted by molar-refractivity contribution is 0.497. The van der Waals surface area contributed by atoms with Crippen molar-refractivity contribution < 1.29 is 4.42 Å². The Hall–Kier alpha value is -0.400. The number of hydrogen-bond donors (Lipinski definition) is 1. The molecule has 1 aromatic carbocycles. The highest BCUT2D eigenvalue weighted by Gasteiger charge is 2.10. The Morgan fingerprint density at radius 2 is 2.28 bits per heavy atom. The lowest BCUT2D eigenvalue weighted by Gasteiger charge is -2.01. The van der Waals surface area contributed by atoms with Crippen LogP contribution in [0.4, 0.5) is 0 Å². The van der Waals surface area contributed by atoms with Gasteiger partial charge in [0.1, 0.15) is 0 Å². The summed E-state index contributed by atoms with van der Waals surface area (Å²) in [4.78, 5) is 4.31. The summed E-state index contributed by atoms with van der Waals surface area (Å²) in [5, 5.41) is 3.26. The topological polar surface area (TPSA) is 38.1 Å². The van der Waals surface area contributed by atoms with Gasteiger partial charge in [0, 0.05) is 26.6 Å². The van der Waals surface area contributed by atoms with E-state index in [1.165, 1.54) is 3.57 Å². The second-order valence-corrected chi connectivity index (χ2v) is 5.95. The lowest BCUT2D eigenvalue weighted by atomic mass is 10.2. The molecule has 0 spiro atoms. The fourth-order valence-electron chi connectivity index (χ4n) is 1.61. The molecule has 0 atom stereocenters. The van der Waals surface area contributed by atoms with Crippen molar-refractivity contribution >= 4 is 38.5 Å². The molecule has 18 heavy (non-hydrogen) atoms. The van der Waals surface area contributed by atoms with Crippen LogP contribution in [0.5, 0.6) is 0 Å². The van der Waals surface area contributed by atoms with Crippen molar-refractivity contribution in [1.29, 1.82) is 0 Å². The maximum absolute atomic E-state index is 5.77. The van der Waals surface area contributed by atoms with Gasteiger partial charge >= 0.3 is 0 Å². The summed E-state index contributed by atoms with van der Waals surface area (Å²) in [6, 6.07) is 6.16. The Labute approximate surface area is 129 Å². The first-order valence-corrected chi connectivity index (χ1v) is 7.68. The number of oxazole rings is 1. The molecule has 0 fully saturated rings. The molecule has 0 amide bonds. The number of likely N-dealkylation sites (N-methyl/N-ethyl adjacent to an activating group) is 1. The maximum Gasteiger partial charge on any atom is 0.196 e. The summed E-state index contributed by atoms with van der Waals surface area (Å²) in [5.74, 6) is 1.59. The van der Waals surface area contributed by atoms with Gasteiger partial charge in [-0.3, -0.25) is 0 Å². The quantitative estimate of drug-likeness (QED) is 0.589. The van der Waals surface area contributed by atoms with E-state index < -0.39 is 0 Å². The molecule has 96 valence electrons. The van der Waals surface area contributed by atoms with Crippen LogP contribution in [0.2, 0.25) is 0 Å². The number of nitrogens with one attached hydrogen (secondary N) is 1. The van der Waals surface area contributed by atoms with Gasteiger partial charge in [-0.25, -0.2) is 4.98 Å². The van der Waals surface area contributed by atoms with Crippen LogP contribution in [0.3, 0.4) is 0 Å². The van der Waals surface area contributed by atoms with Gasteiger partial charge in [-0.15, -0.1) is 0 Å². The van der Waals surface area contributed by atoms with E-state index >= 15 is 0 Å². The van der Waals surface area contributed by atoms with Crippen LogP contribution < -0.4 is 5.32 Å². The predicted octanol–water partition coefficient (Wildman–Crippen LogP) is 3.86. The molecule has 1 N–H and O–H groups in total. The van der Waals surface area contributed by atoms with E-state index in [9.17, 15) is 0 Å². The minimum atomic E-state index is 0.775. The molecule has 0 aliphatic carbocycles. The molecule has 5 heteroatoms. The van der Waals surface area contributed by atoms with Crippen LogP contribution in [0.25, 0.3) is 11.3 Å². The van der Waals surface area contributed by atoms with Crippen LogP contribution >= 0.6 is 38.5 Å². The molecule has 1 aromatic heterocycles. The Morgan fingerprint density at radius 3 is 3.06 bits per heavy atom. The zero-order valence-corrected chi connectivity index (χ0v) is 13.8. The number of benzene rings is 1. The van der Waals surface area contributed by atoms with Crippen molar-refractivity contribution in [3.63, 3.8) is 0 Å². The average molecular weight is 421 g/mol. The van der Waals surface area contributed by atoms with Gasteiger partial charge in [0.15, 0.2) is 11.7 Å². The van der Waals surface area contributed by atoms with Crippen LogP contribution in [-0.2, 0) is 6.42 Å². The van der Waals surface area contributed by atoms with Gasteiger partial charge in [0.2, 0.25) is 0 Å². The molecule has 0 unspecified atom stereocenters. The molecule has 0 saturated carbocycles. The van der Waals surface area contributed by atoms with E-state index in [0.717, 1.165) is 41.2 Å². The SMILES string of the molecule is CCNCCc1ncc(-c2cc(I)ccc2Br)o1. The first-order chi connectivity index (χ1) is 8.70. The zero-order valence-electron chi connectivity index (χ0n) is 10.0. The lowest BCUT2D eigenvalue weighted by Crippen LogP contribution is -2.16. The number of hydrogen-bond acceptors (Lipinski definition) is 3. The van der Waals surface area contributed by atoms with Gasteiger partial charge < -0.3 is 9.73 Å². The van der Waals surface area contributed by atoms with E-state index in [2.05, 4.69) is 67.9 Å². The zero-order chi connectivity index (χ0) is 13.0. The fraction of sp³-hybridized carbons (Fsp3) is 0.308. The molecular formula is C13H14BrIN2O. The second kappa shape index (κ2) is 6.68. The van der Waals surface area contributed by atoms with Crippen molar-refractivity contribution in [1.82, 2.24) is 10.3 Å². The Bertz CT molecular complexity index is 527. The molecule has 0 aliphatic rings. The molecular weight excluding hydrogens is 407 g/mol. The summed E-state index contributed by atoms with van der Waals surface area (Å²) in [6.45, 7) is 3.95. The van der Waals surface area contributed by atoms with Crippen molar-refractivity contribution in [2.45, 2.75) is 13.3 Å². The normalized spacial score (nSPS) is 10.8. The third kappa shape index (κ3) is 3.55. The van der Waals surface area contributed by atoms with Crippen molar-refractivity contribution in [3.8, 4) is 11.3 Å². The molecule has 0 bridgehead atoms. The van der Waals surface area contributed by atoms with Crippen LogP contribution in [0.15, 0.2) is 33.3 Å². The predicted molar refractivity (Wildman–Crippen MR) is 84.6 cm³/mol. The van der Waals surface area contributed by atoms with Gasteiger partial charge in [-0.05, 0) is 47.3 Å². The third-order valence-corrected chi connectivity index (χ3v) is 3.88. The summed E-state index contributed by atoms with van der Waals surface area (Å²) >= 11 is 5.83. The summed E-state index contributed by atoms with van der Waals surface area (Å²) in [6.07, 6.45) is 2.60. The smallest absolute Gasteiger partial charge is 0.196 e. The Morgan fingerprint density at radius 1 is 1.44 bits per heavy atom. The van der Waals surface area contributed by atoms with Gasteiger partial charge in [0.05, 0.1) is 6.20 Å². The Kier molecular flexibility index (Phi) is 5.20. The van der Waals surface area contributed by atoms with Crippen molar-refractivity contribution in [2.24, 2.45) is 0 Å². The highest BCUT2D eigenvalue weighted by Crippen LogP contribution is 2.30. The van der Waals surface area contributed by atoms with Gasteiger partial charge in [-0.2, -0.15) is 0 Å². The molecule has 3 nitrogen and oxygen atoms in total. The largest absolute Gasteiger partial charge is 0.441 e. The number of aromatic nitrogens is 1. The highest BCUT2D eigenvalue weighted by atomic mass is 127.